The van der Waals surface area contributed by atoms with Crippen LogP contribution in [0, 0.1) is 12.8 Å². The molecule has 1 aromatic rings. The Morgan fingerprint density at radius 2 is 2.33 bits per heavy atom. The largest absolute Gasteiger partial charge is 0.464 e. The van der Waals surface area contributed by atoms with E-state index in [1.54, 1.807) is 0 Å². The van der Waals surface area contributed by atoms with E-state index in [1.807, 2.05) is 26.0 Å². The molecule has 1 aliphatic rings. The summed E-state index contributed by atoms with van der Waals surface area (Å²) < 4.78 is 5.50. The van der Waals surface area contributed by atoms with E-state index in [9.17, 15) is 4.79 Å². The molecule has 0 radical (unpaired) electrons. The minimum absolute atomic E-state index is 0. The molecule has 1 unspecified atom stereocenters. The number of hydrogen-bond donors (Lipinski definition) is 2. The molecule has 2 heterocycles. The average molecular weight is 273 g/mol. The highest BCUT2D eigenvalue weighted by atomic mass is 35.5. The first-order valence-corrected chi connectivity index (χ1v) is 6.24. The second-order valence-corrected chi connectivity index (χ2v) is 4.72. The quantitative estimate of drug-likeness (QED) is 0.887. The number of hydrogen-bond acceptors (Lipinski definition) is 3. The van der Waals surface area contributed by atoms with Gasteiger partial charge in [0.2, 0.25) is 5.91 Å². The molecule has 0 aliphatic carbocycles. The van der Waals surface area contributed by atoms with Crippen molar-refractivity contribution in [2.24, 2.45) is 5.92 Å². The van der Waals surface area contributed by atoms with Gasteiger partial charge in [0.05, 0.1) is 12.0 Å². The van der Waals surface area contributed by atoms with E-state index in [2.05, 4.69) is 10.6 Å². The summed E-state index contributed by atoms with van der Waals surface area (Å²) in [6.45, 7) is 5.67. The highest BCUT2D eigenvalue weighted by Gasteiger charge is 2.23. The van der Waals surface area contributed by atoms with Crippen LogP contribution in [0.2, 0.25) is 0 Å². The molecule has 1 fully saturated rings. The minimum Gasteiger partial charge on any atom is -0.464 e. The summed E-state index contributed by atoms with van der Waals surface area (Å²) in [6, 6.07) is 3.78. The van der Waals surface area contributed by atoms with Crippen LogP contribution in [-0.2, 0) is 4.79 Å². The fourth-order valence-electron chi connectivity index (χ4n) is 2.16. The zero-order valence-corrected chi connectivity index (χ0v) is 11.7. The van der Waals surface area contributed by atoms with Crippen LogP contribution in [0.4, 0.5) is 0 Å². The van der Waals surface area contributed by atoms with E-state index in [0.29, 0.717) is 0 Å². The number of carbonyl (C=O) groups is 1. The van der Waals surface area contributed by atoms with Gasteiger partial charge in [-0.25, -0.2) is 0 Å². The SMILES string of the molecule is Cc1ccc(C(C)NC(=O)[C@@H]2CCCNC2)o1.Cl. The molecule has 2 rings (SSSR count). The lowest BCUT2D eigenvalue weighted by Crippen LogP contribution is -2.41. The van der Waals surface area contributed by atoms with Gasteiger partial charge in [0.25, 0.3) is 0 Å². The Kier molecular flexibility index (Phi) is 5.69. The maximum atomic E-state index is 12.0. The molecule has 18 heavy (non-hydrogen) atoms. The summed E-state index contributed by atoms with van der Waals surface area (Å²) in [6.07, 6.45) is 2.05. The van der Waals surface area contributed by atoms with E-state index in [4.69, 9.17) is 4.42 Å². The van der Waals surface area contributed by atoms with Gasteiger partial charge in [-0.05, 0) is 45.4 Å². The van der Waals surface area contributed by atoms with Crippen molar-refractivity contribution in [2.45, 2.75) is 32.7 Å². The third kappa shape index (κ3) is 3.75. The molecule has 102 valence electrons. The molecular weight excluding hydrogens is 252 g/mol. The Hall–Kier alpha value is -1.00. The van der Waals surface area contributed by atoms with Crippen LogP contribution >= 0.6 is 12.4 Å². The van der Waals surface area contributed by atoms with Gasteiger partial charge in [0, 0.05) is 6.54 Å². The molecule has 1 aromatic heterocycles. The van der Waals surface area contributed by atoms with Crippen molar-refractivity contribution >= 4 is 18.3 Å². The van der Waals surface area contributed by atoms with Gasteiger partial charge < -0.3 is 15.1 Å². The minimum atomic E-state index is -0.0573. The third-order valence-electron chi connectivity index (χ3n) is 3.21. The molecule has 2 atom stereocenters. The van der Waals surface area contributed by atoms with E-state index in [1.165, 1.54) is 0 Å². The first-order valence-electron chi connectivity index (χ1n) is 6.24. The van der Waals surface area contributed by atoms with Crippen LogP contribution in [0.1, 0.15) is 37.3 Å². The van der Waals surface area contributed by atoms with Gasteiger partial charge in [-0.1, -0.05) is 0 Å². The van der Waals surface area contributed by atoms with Crippen molar-refractivity contribution in [3.8, 4) is 0 Å². The fourth-order valence-corrected chi connectivity index (χ4v) is 2.16. The molecule has 4 nitrogen and oxygen atoms in total. The molecule has 1 aliphatic heterocycles. The lowest BCUT2D eigenvalue weighted by molar-refractivity contribution is -0.126. The molecule has 2 N–H and O–H groups in total. The smallest absolute Gasteiger partial charge is 0.224 e. The zero-order chi connectivity index (χ0) is 12.3. The highest BCUT2D eigenvalue weighted by Crippen LogP contribution is 2.17. The summed E-state index contributed by atoms with van der Waals surface area (Å²) in [5, 5.41) is 6.26. The molecular formula is C13H21ClN2O2. The summed E-state index contributed by atoms with van der Waals surface area (Å²) in [5.74, 6) is 1.92. The summed E-state index contributed by atoms with van der Waals surface area (Å²) in [7, 11) is 0. The highest BCUT2D eigenvalue weighted by molar-refractivity contribution is 5.85. The Morgan fingerprint density at radius 1 is 1.56 bits per heavy atom. The van der Waals surface area contributed by atoms with E-state index in [0.717, 1.165) is 37.5 Å². The summed E-state index contributed by atoms with van der Waals surface area (Å²) in [4.78, 5) is 12.0. The number of amides is 1. The number of aryl methyl sites for hydroxylation is 1. The van der Waals surface area contributed by atoms with E-state index < -0.39 is 0 Å². The van der Waals surface area contributed by atoms with Crippen LogP contribution in [0.3, 0.4) is 0 Å². The fraction of sp³-hybridized carbons (Fsp3) is 0.615. The predicted octanol–water partition coefficient (Wildman–Crippen LogP) is 2.19. The zero-order valence-electron chi connectivity index (χ0n) is 10.9. The maximum Gasteiger partial charge on any atom is 0.224 e. The number of rotatable bonds is 3. The van der Waals surface area contributed by atoms with Crippen molar-refractivity contribution in [3.63, 3.8) is 0 Å². The number of halogens is 1. The van der Waals surface area contributed by atoms with Gasteiger partial charge >= 0.3 is 0 Å². The van der Waals surface area contributed by atoms with Crippen LogP contribution in [0.5, 0.6) is 0 Å². The van der Waals surface area contributed by atoms with E-state index >= 15 is 0 Å². The van der Waals surface area contributed by atoms with Gasteiger partial charge in [-0.2, -0.15) is 0 Å². The van der Waals surface area contributed by atoms with Crippen molar-refractivity contribution < 1.29 is 9.21 Å². The molecule has 1 saturated heterocycles. The van der Waals surface area contributed by atoms with Gasteiger partial charge in [0.1, 0.15) is 11.5 Å². The normalized spacial score (nSPS) is 20.9. The molecule has 0 saturated carbocycles. The Bertz CT molecular complexity index is 386. The third-order valence-corrected chi connectivity index (χ3v) is 3.21. The molecule has 5 heteroatoms. The van der Waals surface area contributed by atoms with Crippen molar-refractivity contribution in [1.82, 2.24) is 10.6 Å². The summed E-state index contributed by atoms with van der Waals surface area (Å²) >= 11 is 0. The van der Waals surface area contributed by atoms with Crippen LogP contribution < -0.4 is 10.6 Å². The first kappa shape index (κ1) is 15.1. The molecule has 0 bridgehead atoms. The second kappa shape index (κ2) is 6.81. The van der Waals surface area contributed by atoms with E-state index in [-0.39, 0.29) is 30.3 Å². The monoisotopic (exact) mass is 272 g/mol. The van der Waals surface area contributed by atoms with Crippen molar-refractivity contribution in [2.75, 3.05) is 13.1 Å². The average Bonchev–Trinajstić information content (AvgIpc) is 2.77. The number of carbonyl (C=O) groups excluding carboxylic acids is 1. The number of furan rings is 1. The lowest BCUT2D eigenvalue weighted by Gasteiger charge is -2.23. The second-order valence-electron chi connectivity index (χ2n) is 4.72. The molecule has 0 aromatic carbocycles. The van der Waals surface area contributed by atoms with Gasteiger partial charge in [-0.3, -0.25) is 4.79 Å². The Labute approximate surface area is 114 Å². The van der Waals surface area contributed by atoms with Crippen LogP contribution in [0.25, 0.3) is 0 Å². The summed E-state index contributed by atoms with van der Waals surface area (Å²) in [5.41, 5.74) is 0. The molecule has 0 spiro atoms. The maximum absolute atomic E-state index is 12.0. The molecule has 1 amide bonds. The first-order chi connectivity index (χ1) is 8.16. The standard InChI is InChI=1S/C13H20N2O2.ClH/c1-9-5-6-12(17-9)10(2)15-13(16)11-4-3-7-14-8-11;/h5-6,10-11,14H,3-4,7-8H2,1-2H3,(H,15,16);1H/t10?,11-;/m1./s1. The van der Waals surface area contributed by atoms with Gasteiger partial charge in [0.15, 0.2) is 0 Å². The topological polar surface area (TPSA) is 54.3 Å². The predicted molar refractivity (Wildman–Crippen MR) is 72.8 cm³/mol. The Balaban J connectivity index is 0.00000162. The van der Waals surface area contributed by atoms with Crippen LogP contribution in [0.15, 0.2) is 16.5 Å². The van der Waals surface area contributed by atoms with Crippen molar-refractivity contribution in [3.05, 3.63) is 23.7 Å². The van der Waals surface area contributed by atoms with Crippen molar-refractivity contribution in [1.29, 1.82) is 0 Å². The van der Waals surface area contributed by atoms with Crippen LogP contribution in [-0.4, -0.2) is 19.0 Å². The lowest BCUT2D eigenvalue weighted by atomic mass is 9.98. The number of piperidine rings is 1. The van der Waals surface area contributed by atoms with Gasteiger partial charge in [-0.15, -0.1) is 12.4 Å². The number of nitrogens with one attached hydrogen (secondary N) is 2. The Morgan fingerprint density at radius 3 is 2.89 bits per heavy atom.